The van der Waals surface area contributed by atoms with Crippen molar-refractivity contribution in [3.8, 4) is 11.3 Å². The highest BCUT2D eigenvalue weighted by molar-refractivity contribution is 5.92. The second-order valence-electron chi connectivity index (χ2n) is 6.84. The topological polar surface area (TPSA) is 59.5 Å². The number of likely N-dealkylation sites (tertiary alicyclic amines) is 1. The molecule has 0 bridgehead atoms. The Labute approximate surface area is 137 Å². The summed E-state index contributed by atoms with van der Waals surface area (Å²) in [4.78, 5) is 14.6. The van der Waals surface area contributed by atoms with Crippen LogP contribution in [0.5, 0.6) is 0 Å². The number of nitrogen functional groups attached to an aromatic ring is 1. The number of anilines is 1. The van der Waals surface area contributed by atoms with E-state index in [9.17, 15) is 4.79 Å². The van der Waals surface area contributed by atoms with Crippen molar-refractivity contribution in [3.05, 3.63) is 41.7 Å². The molecule has 2 N–H and O–H groups in total. The second-order valence-corrected chi connectivity index (χ2v) is 6.84. The van der Waals surface area contributed by atoms with Gasteiger partial charge in [0.15, 0.2) is 5.76 Å². The van der Waals surface area contributed by atoms with E-state index in [-0.39, 0.29) is 5.91 Å². The van der Waals surface area contributed by atoms with E-state index in [0.29, 0.717) is 23.4 Å². The number of benzene rings is 1. The van der Waals surface area contributed by atoms with Gasteiger partial charge in [-0.05, 0) is 48.9 Å². The first-order chi connectivity index (χ1) is 11.0. The highest BCUT2D eigenvalue weighted by atomic mass is 16.4. The Morgan fingerprint density at radius 2 is 1.87 bits per heavy atom. The zero-order chi connectivity index (χ0) is 16.6. The number of piperidine rings is 1. The number of nitrogens with zero attached hydrogens (tertiary/aromatic N) is 1. The highest BCUT2D eigenvalue weighted by Gasteiger charge is 2.27. The molecule has 0 radical (unpaired) electrons. The predicted molar refractivity (Wildman–Crippen MR) is 92.1 cm³/mol. The summed E-state index contributed by atoms with van der Waals surface area (Å²) >= 11 is 0. The fourth-order valence-corrected chi connectivity index (χ4v) is 3.50. The van der Waals surface area contributed by atoms with Crippen LogP contribution in [-0.2, 0) is 0 Å². The maximum absolute atomic E-state index is 12.7. The summed E-state index contributed by atoms with van der Waals surface area (Å²) in [5, 5.41) is 0. The van der Waals surface area contributed by atoms with Crippen LogP contribution in [0, 0.1) is 18.8 Å². The van der Waals surface area contributed by atoms with E-state index in [1.54, 1.807) is 6.07 Å². The average Bonchev–Trinajstić information content (AvgIpc) is 2.98. The minimum atomic E-state index is -0.0174. The lowest BCUT2D eigenvalue weighted by molar-refractivity contribution is 0.0592. The van der Waals surface area contributed by atoms with Crippen molar-refractivity contribution in [2.45, 2.75) is 27.2 Å². The van der Waals surface area contributed by atoms with Gasteiger partial charge < -0.3 is 15.1 Å². The number of amides is 1. The van der Waals surface area contributed by atoms with Crippen molar-refractivity contribution in [3.63, 3.8) is 0 Å². The zero-order valence-electron chi connectivity index (χ0n) is 14.0. The molecule has 1 saturated heterocycles. The molecule has 122 valence electrons. The fraction of sp³-hybridized carbons (Fsp3) is 0.421. The van der Waals surface area contributed by atoms with E-state index in [1.807, 2.05) is 36.1 Å². The molecule has 2 atom stereocenters. The Morgan fingerprint density at radius 3 is 2.57 bits per heavy atom. The molecule has 1 aromatic heterocycles. The maximum Gasteiger partial charge on any atom is 0.289 e. The molecule has 0 unspecified atom stereocenters. The second kappa shape index (κ2) is 6.11. The van der Waals surface area contributed by atoms with Gasteiger partial charge in [-0.15, -0.1) is 0 Å². The number of rotatable bonds is 2. The van der Waals surface area contributed by atoms with Crippen LogP contribution in [0.3, 0.4) is 0 Å². The molecular weight excluding hydrogens is 288 g/mol. The fourth-order valence-electron chi connectivity index (χ4n) is 3.50. The molecule has 1 fully saturated rings. The highest BCUT2D eigenvalue weighted by Crippen LogP contribution is 2.30. The summed E-state index contributed by atoms with van der Waals surface area (Å²) < 4.78 is 5.84. The molecule has 0 saturated carbocycles. The quantitative estimate of drug-likeness (QED) is 0.854. The molecule has 2 aromatic rings. The van der Waals surface area contributed by atoms with E-state index in [2.05, 4.69) is 13.8 Å². The van der Waals surface area contributed by atoms with Crippen LogP contribution in [0.2, 0.25) is 0 Å². The molecule has 23 heavy (non-hydrogen) atoms. The predicted octanol–water partition coefficient (Wildman–Crippen LogP) is 3.96. The summed E-state index contributed by atoms with van der Waals surface area (Å²) in [5.41, 5.74) is 8.59. The monoisotopic (exact) mass is 312 g/mol. The van der Waals surface area contributed by atoms with Gasteiger partial charge in [-0.3, -0.25) is 4.79 Å². The molecular formula is C19H24N2O2. The van der Waals surface area contributed by atoms with Gasteiger partial charge in [-0.2, -0.15) is 0 Å². The van der Waals surface area contributed by atoms with Crippen LogP contribution < -0.4 is 5.73 Å². The molecule has 4 heteroatoms. The largest absolute Gasteiger partial charge is 0.451 e. The smallest absolute Gasteiger partial charge is 0.289 e. The van der Waals surface area contributed by atoms with E-state index in [4.69, 9.17) is 10.2 Å². The Morgan fingerprint density at radius 1 is 1.17 bits per heavy atom. The standard InChI is InChI=1S/C19H24N2O2/c1-12-9-13(2)11-21(10-12)19(22)18-8-7-17(23-18)15-5-4-6-16(20)14(15)3/h4-8,12-13H,9-11,20H2,1-3H3/t12-,13-/m1/s1. The first-order valence-corrected chi connectivity index (χ1v) is 8.20. The van der Waals surface area contributed by atoms with Gasteiger partial charge >= 0.3 is 0 Å². The van der Waals surface area contributed by atoms with Gasteiger partial charge in [0.2, 0.25) is 0 Å². The summed E-state index contributed by atoms with van der Waals surface area (Å²) in [5.74, 6) is 2.15. The Hall–Kier alpha value is -2.23. The molecule has 1 amide bonds. The number of nitrogens with two attached hydrogens (primary N) is 1. The third-order valence-electron chi connectivity index (χ3n) is 4.61. The van der Waals surface area contributed by atoms with Crippen molar-refractivity contribution in [2.75, 3.05) is 18.8 Å². The molecule has 1 aliphatic heterocycles. The van der Waals surface area contributed by atoms with Gasteiger partial charge in [-0.25, -0.2) is 0 Å². The van der Waals surface area contributed by atoms with Crippen LogP contribution in [0.4, 0.5) is 5.69 Å². The number of carbonyl (C=O) groups excluding carboxylic acids is 1. The molecule has 2 heterocycles. The zero-order valence-corrected chi connectivity index (χ0v) is 14.0. The molecule has 4 nitrogen and oxygen atoms in total. The van der Waals surface area contributed by atoms with Crippen molar-refractivity contribution >= 4 is 11.6 Å². The Kier molecular flexibility index (Phi) is 4.16. The maximum atomic E-state index is 12.7. The van der Waals surface area contributed by atoms with Crippen LogP contribution >= 0.6 is 0 Å². The van der Waals surface area contributed by atoms with E-state index in [1.165, 1.54) is 6.42 Å². The van der Waals surface area contributed by atoms with Crippen molar-refractivity contribution < 1.29 is 9.21 Å². The summed E-state index contributed by atoms with van der Waals surface area (Å²) in [7, 11) is 0. The lowest BCUT2D eigenvalue weighted by Gasteiger charge is -2.34. The lowest BCUT2D eigenvalue weighted by atomic mass is 9.92. The SMILES string of the molecule is Cc1c(N)cccc1-c1ccc(C(=O)N2C[C@H](C)C[C@@H](C)C2)o1. The van der Waals surface area contributed by atoms with Crippen molar-refractivity contribution in [2.24, 2.45) is 11.8 Å². The number of carbonyl (C=O) groups is 1. The minimum Gasteiger partial charge on any atom is -0.451 e. The summed E-state index contributed by atoms with van der Waals surface area (Å²) in [6.45, 7) is 7.95. The number of hydrogen-bond donors (Lipinski definition) is 1. The minimum absolute atomic E-state index is 0.0174. The van der Waals surface area contributed by atoms with Gasteiger partial charge in [0.05, 0.1) is 0 Å². The van der Waals surface area contributed by atoms with Crippen LogP contribution in [0.25, 0.3) is 11.3 Å². The Balaban J connectivity index is 1.84. The summed E-state index contributed by atoms with van der Waals surface area (Å²) in [6, 6.07) is 9.35. The number of hydrogen-bond acceptors (Lipinski definition) is 3. The van der Waals surface area contributed by atoms with Crippen molar-refractivity contribution in [1.82, 2.24) is 4.90 Å². The third-order valence-corrected chi connectivity index (χ3v) is 4.61. The van der Waals surface area contributed by atoms with E-state index in [0.717, 1.165) is 29.9 Å². The van der Waals surface area contributed by atoms with Crippen molar-refractivity contribution in [1.29, 1.82) is 0 Å². The first kappa shape index (κ1) is 15.7. The normalized spacial score (nSPS) is 21.4. The number of furan rings is 1. The van der Waals surface area contributed by atoms with Crippen LogP contribution in [0.15, 0.2) is 34.7 Å². The third kappa shape index (κ3) is 3.11. The molecule has 1 aromatic carbocycles. The Bertz CT molecular complexity index is 710. The van der Waals surface area contributed by atoms with Crippen LogP contribution in [-0.4, -0.2) is 23.9 Å². The average molecular weight is 312 g/mol. The molecule has 1 aliphatic rings. The molecule has 0 spiro atoms. The van der Waals surface area contributed by atoms with E-state index < -0.39 is 0 Å². The molecule has 3 rings (SSSR count). The first-order valence-electron chi connectivity index (χ1n) is 8.20. The molecule has 0 aliphatic carbocycles. The van der Waals surface area contributed by atoms with Gasteiger partial charge in [0, 0.05) is 24.3 Å². The van der Waals surface area contributed by atoms with E-state index >= 15 is 0 Å². The lowest BCUT2D eigenvalue weighted by Crippen LogP contribution is -2.42. The van der Waals surface area contributed by atoms with Crippen LogP contribution in [0.1, 0.15) is 36.4 Å². The summed E-state index contributed by atoms with van der Waals surface area (Å²) in [6.07, 6.45) is 1.18. The van der Waals surface area contributed by atoms with Gasteiger partial charge in [-0.1, -0.05) is 26.0 Å². The van der Waals surface area contributed by atoms with Gasteiger partial charge in [0.25, 0.3) is 5.91 Å². The van der Waals surface area contributed by atoms with Gasteiger partial charge in [0.1, 0.15) is 5.76 Å².